The molecule has 2 nitrogen and oxygen atoms in total. The number of hydrogen-bond acceptors (Lipinski definition) is 2. The van der Waals surface area contributed by atoms with Crippen molar-refractivity contribution < 1.29 is 4.74 Å². The third-order valence-corrected chi connectivity index (χ3v) is 2.43. The summed E-state index contributed by atoms with van der Waals surface area (Å²) >= 11 is 0. The molecule has 0 saturated heterocycles. The lowest BCUT2D eigenvalue weighted by atomic mass is 10.2. The van der Waals surface area contributed by atoms with E-state index in [0.717, 1.165) is 25.2 Å². The molecule has 0 unspecified atom stereocenters. The molecule has 1 rings (SSSR count). The quantitative estimate of drug-likeness (QED) is 0.530. The average Bonchev–Trinajstić information content (AvgIpc) is 2.34. The summed E-state index contributed by atoms with van der Waals surface area (Å²) in [6.07, 6.45) is 3.81. The molecule has 0 spiro atoms. The Kier molecular flexibility index (Phi) is 6.08. The van der Waals surface area contributed by atoms with Crippen LogP contribution >= 0.6 is 0 Å². The zero-order valence-electron chi connectivity index (χ0n) is 10.9. The van der Waals surface area contributed by atoms with Crippen molar-refractivity contribution in [3.8, 4) is 5.75 Å². The summed E-state index contributed by atoms with van der Waals surface area (Å²) in [5.41, 5.74) is 2.45. The second kappa shape index (κ2) is 7.66. The van der Waals surface area contributed by atoms with E-state index in [0.29, 0.717) is 0 Å². The minimum absolute atomic E-state index is 0.736. The molecule has 0 aromatic heterocycles. The minimum atomic E-state index is 0.736. The van der Waals surface area contributed by atoms with Gasteiger partial charge < -0.3 is 4.74 Å². The molecule has 1 aromatic carbocycles. The first kappa shape index (κ1) is 13.5. The van der Waals surface area contributed by atoms with Gasteiger partial charge in [0.15, 0.2) is 0 Å². The molecule has 0 aliphatic heterocycles. The molecular weight excluding hydrogens is 210 g/mol. The van der Waals surface area contributed by atoms with Crippen LogP contribution in [0.2, 0.25) is 0 Å². The van der Waals surface area contributed by atoms with Gasteiger partial charge in [-0.25, -0.2) is 0 Å². The number of benzene rings is 1. The molecule has 0 N–H and O–H groups in total. The number of aliphatic imine (C=N–C) groups is 1. The van der Waals surface area contributed by atoms with Crippen LogP contribution in [0.3, 0.4) is 0 Å². The highest BCUT2D eigenvalue weighted by atomic mass is 16.5. The van der Waals surface area contributed by atoms with Gasteiger partial charge >= 0.3 is 0 Å². The maximum absolute atomic E-state index is 5.64. The summed E-state index contributed by atoms with van der Waals surface area (Å²) in [7, 11) is 0. The number of para-hydroxylation sites is 1. The molecule has 17 heavy (non-hydrogen) atoms. The number of ether oxygens (including phenoxy) is 1. The topological polar surface area (TPSA) is 21.6 Å². The van der Waals surface area contributed by atoms with Crippen LogP contribution in [0, 0.1) is 0 Å². The van der Waals surface area contributed by atoms with Crippen LogP contribution in [0.15, 0.2) is 46.6 Å². The van der Waals surface area contributed by atoms with E-state index in [1.54, 1.807) is 0 Å². The van der Waals surface area contributed by atoms with Gasteiger partial charge in [0, 0.05) is 11.9 Å². The molecule has 0 aliphatic carbocycles. The second-order valence-electron chi connectivity index (χ2n) is 4.10. The predicted molar refractivity (Wildman–Crippen MR) is 73.7 cm³/mol. The van der Waals surface area contributed by atoms with Crippen LogP contribution in [0.5, 0.6) is 5.75 Å². The molecule has 0 fully saturated rings. The molecule has 0 atom stereocenters. The summed E-state index contributed by atoms with van der Waals surface area (Å²) in [5.74, 6) is 0.935. The third kappa shape index (κ3) is 5.34. The number of rotatable bonds is 6. The lowest BCUT2D eigenvalue weighted by molar-refractivity contribution is 0.310. The van der Waals surface area contributed by atoms with Crippen molar-refractivity contribution >= 4 is 6.21 Å². The smallest absolute Gasteiger partial charge is 0.119 e. The van der Waals surface area contributed by atoms with Gasteiger partial charge in [0.25, 0.3) is 0 Å². The highest BCUT2D eigenvalue weighted by Crippen LogP contribution is 2.13. The molecular formula is C15H21NO. The second-order valence-corrected chi connectivity index (χ2v) is 4.10. The maximum Gasteiger partial charge on any atom is 0.119 e. The van der Waals surface area contributed by atoms with Crippen LogP contribution in [-0.2, 0) is 0 Å². The van der Waals surface area contributed by atoms with E-state index >= 15 is 0 Å². The fourth-order valence-electron chi connectivity index (χ4n) is 1.55. The zero-order valence-corrected chi connectivity index (χ0v) is 10.9. The van der Waals surface area contributed by atoms with Crippen LogP contribution < -0.4 is 4.74 Å². The summed E-state index contributed by atoms with van der Waals surface area (Å²) in [6.45, 7) is 6.88. The molecule has 0 amide bonds. The van der Waals surface area contributed by atoms with E-state index in [9.17, 15) is 0 Å². The van der Waals surface area contributed by atoms with Gasteiger partial charge in [-0.2, -0.15) is 0 Å². The molecule has 0 bridgehead atoms. The van der Waals surface area contributed by atoms with Crippen molar-refractivity contribution in [1.82, 2.24) is 0 Å². The summed E-state index contributed by atoms with van der Waals surface area (Å²) < 4.78 is 5.64. The Morgan fingerprint density at radius 1 is 1.24 bits per heavy atom. The van der Waals surface area contributed by atoms with E-state index in [-0.39, 0.29) is 0 Å². The minimum Gasteiger partial charge on any atom is -0.494 e. The van der Waals surface area contributed by atoms with Gasteiger partial charge in [-0.1, -0.05) is 23.8 Å². The van der Waals surface area contributed by atoms with Crippen molar-refractivity contribution in [2.45, 2.75) is 33.6 Å². The summed E-state index contributed by atoms with van der Waals surface area (Å²) in [4.78, 5) is 4.37. The molecule has 0 saturated carbocycles. The van der Waals surface area contributed by atoms with Crippen molar-refractivity contribution in [3.05, 3.63) is 41.6 Å². The van der Waals surface area contributed by atoms with Crippen molar-refractivity contribution in [1.29, 1.82) is 0 Å². The monoisotopic (exact) mass is 231 g/mol. The Hall–Kier alpha value is -1.57. The first-order chi connectivity index (χ1) is 8.24. The fraction of sp³-hybridized carbons (Fsp3) is 0.400. The van der Waals surface area contributed by atoms with E-state index in [1.165, 1.54) is 11.3 Å². The van der Waals surface area contributed by atoms with Crippen molar-refractivity contribution in [3.63, 3.8) is 0 Å². The normalized spacial score (nSPS) is 10.5. The van der Waals surface area contributed by atoms with Gasteiger partial charge in [-0.15, -0.1) is 0 Å². The Balaban J connectivity index is 2.31. The fourth-order valence-corrected chi connectivity index (χ4v) is 1.55. The molecule has 1 aromatic rings. The number of allylic oxidation sites excluding steroid dienone is 2. The molecule has 0 aliphatic rings. The van der Waals surface area contributed by atoms with Gasteiger partial charge in [0.2, 0.25) is 0 Å². The lowest BCUT2D eigenvalue weighted by Crippen LogP contribution is -1.98. The average molecular weight is 231 g/mol. The molecule has 0 radical (unpaired) electrons. The zero-order chi connectivity index (χ0) is 12.5. The first-order valence-electron chi connectivity index (χ1n) is 6.07. The van der Waals surface area contributed by atoms with Gasteiger partial charge in [-0.05, 0) is 45.7 Å². The van der Waals surface area contributed by atoms with E-state index < -0.39 is 0 Å². The molecule has 92 valence electrons. The Morgan fingerprint density at radius 3 is 2.53 bits per heavy atom. The Morgan fingerprint density at radius 2 is 1.94 bits per heavy atom. The van der Waals surface area contributed by atoms with Crippen LogP contribution in [0.1, 0.15) is 33.6 Å². The number of hydrogen-bond donors (Lipinski definition) is 0. The molecule has 0 heterocycles. The van der Waals surface area contributed by atoms with E-state index in [1.807, 2.05) is 43.5 Å². The SMILES string of the molecule is CC=NC(CCCOc1ccccc1)=C(C)C. The van der Waals surface area contributed by atoms with E-state index in [2.05, 4.69) is 18.8 Å². The maximum atomic E-state index is 5.64. The predicted octanol–water partition coefficient (Wildman–Crippen LogP) is 4.23. The largest absolute Gasteiger partial charge is 0.494 e. The summed E-state index contributed by atoms with van der Waals surface area (Å²) in [6, 6.07) is 9.92. The number of nitrogens with zero attached hydrogens (tertiary/aromatic N) is 1. The summed E-state index contributed by atoms with van der Waals surface area (Å²) in [5, 5.41) is 0. The highest BCUT2D eigenvalue weighted by molar-refractivity contribution is 5.55. The van der Waals surface area contributed by atoms with Crippen molar-refractivity contribution in [2.24, 2.45) is 4.99 Å². The van der Waals surface area contributed by atoms with Crippen LogP contribution in [-0.4, -0.2) is 12.8 Å². The van der Waals surface area contributed by atoms with Crippen LogP contribution in [0.4, 0.5) is 0 Å². The first-order valence-corrected chi connectivity index (χ1v) is 6.07. The highest BCUT2D eigenvalue weighted by Gasteiger charge is 1.98. The lowest BCUT2D eigenvalue weighted by Gasteiger charge is -2.07. The van der Waals surface area contributed by atoms with Crippen molar-refractivity contribution in [2.75, 3.05) is 6.61 Å². The van der Waals surface area contributed by atoms with Crippen LogP contribution in [0.25, 0.3) is 0 Å². The van der Waals surface area contributed by atoms with Gasteiger partial charge in [0.05, 0.1) is 6.61 Å². The molecule has 2 heteroatoms. The Bertz CT molecular complexity index is 375. The van der Waals surface area contributed by atoms with E-state index in [4.69, 9.17) is 4.74 Å². The standard InChI is InChI=1S/C15H21NO/c1-4-16-15(13(2)3)11-8-12-17-14-9-6-5-7-10-14/h4-7,9-10H,8,11-12H2,1-3H3. The van der Waals surface area contributed by atoms with Gasteiger partial charge in [0.1, 0.15) is 5.75 Å². The Labute approximate surface area is 104 Å². The van der Waals surface area contributed by atoms with Gasteiger partial charge in [-0.3, -0.25) is 4.99 Å². The third-order valence-electron chi connectivity index (χ3n) is 2.43.